The molecule has 0 radical (unpaired) electrons. The van der Waals surface area contributed by atoms with E-state index < -0.39 is 4.33 Å². The summed E-state index contributed by atoms with van der Waals surface area (Å²) in [6.45, 7) is 1.70. The Morgan fingerprint density at radius 2 is 1.74 bits per heavy atom. The standard InChI is InChI=1S/C15H17Cl2NO/c16-15(17)12(11-7-3-1-4-8-11)13(15)14(19)18-9-5-2-6-10-18/h1,3-4,7-8,12-13H,2,5-6,9-10H2/t12-,13-/m1/s1. The van der Waals surface area contributed by atoms with Gasteiger partial charge >= 0.3 is 0 Å². The lowest BCUT2D eigenvalue weighted by Crippen LogP contribution is -2.37. The molecule has 1 aromatic rings. The molecule has 2 aliphatic rings. The van der Waals surface area contributed by atoms with E-state index in [1.54, 1.807) is 0 Å². The van der Waals surface area contributed by atoms with E-state index in [9.17, 15) is 4.79 Å². The average Bonchev–Trinajstić information content (AvgIpc) is 3.02. The van der Waals surface area contributed by atoms with Crippen molar-refractivity contribution in [3.8, 4) is 0 Å². The number of likely N-dealkylation sites (tertiary alicyclic amines) is 1. The Kier molecular flexibility index (Phi) is 3.48. The van der Waals surface area contributed by atoms with Gasteiger partial charge in [-0.25, -0.2) is 0 Å². The van der Waals surface area contributed by atoms with Crippen molar-refractivity contribution in [1.29, 1.82) is 0 Å². The maximum atomic E-state index is 12.5. The van der Waals surface area contributed by atoms with Gasteiger partial charge in [-0.1, -0.05) is 30.3 Å². The summed E-state index contributed by atoms with van der Waals surface area (Å²) in [5.74, 6) is -0.221. The first-order chi connectivity index (χ1) is 9.12. The normalized spacial score (nSPS) is 29.1. The van der Waals surface area contributed by atoms with Crippen LogP contribution in [0.4, 0.5) is 0 Å². The third-order valence-electron chi connectivity index (χ3n) is 4.15. The summed E-state index contributed by atoms with van der Waals surface area (Å²) in [6.07, 6.45) is 3.39. The highest BCUT2D eigenvalue weighted by Gasteiger charge is 2.68. The number of carbonyl (C=O) groups excluding carboxylic acids is 1. The van der Waals surface area contributed by atoms with E-state index >= 15 is 0 Å². The van der Waals surface area contributed by atoms with E-state index in [4.69, 9.17) is 23.2 Å². The van der Waals surface area contributed by atoms with Gasteiger partial charge in [0.05, 0.1) is 5.92 Å². The Hall–Kier alpha value is -0.730. The SMILES string of the molecule is O=C([C@H]1[C@@H](c2ccccc2)C1(Cl)Cl)N1CCCCC1. The molecule has 1 aromatic carbocycles. The predicted octanol–water partition coefficient (Wildman–Crippen LogP) is 3.59. The van der Waals surface area contributed by atoms with Crippen LogP contribution in [0, 0.1) is 5.92 Å². The largest absolute Gasteiger partial charge is 0.342 e. The Morgan fingerprint density at radius 1 is 1.11 bits per heavy atom. The van der Waals surface area contributed by atoms with Crippen LogP contribution >= 0.6 is 23.2 Å². The maximum Gasteiger partial charge on any atom is 0.229 e. The molecule has 1 saturated heterocycles. The molecule has 0 unspecified atom stereocenters. The number of benzene rings is 1. The zero-order chi connectivity index (χ0) is 13.5. The molecule has 0 N–H and O–H groups in total. The monoisotopic (exact) mass is 297 g/mol. The second-order valence-corrected chi connectivity index (χ2v) is 6.87. The lowest BCUT2D eigenvalue weighted by Gasteiger charge is -2.27. The van der Waals surface area contributed by atoms with Crippen molar-refractivity contribution < 1.29 is 4.79 Å². The molecule has 1 amide bonds. The van der Waals surface area contributed by atoms with Crippen LogP contribution in [0.3, 0.4) is 0 Å². The number of hydrogen-bond acceptors (Lipinski definition) is 1. The molecule has 4 heteroatoms. The van der Waals surface area contributed by atoms with Crippen LogP contribution in [0.15, 0.2) is 30.3 Å². The quantitative estimate of drug-likeness (QED) is 0.764. The highest BCUT2D eigenvalue weighted by molar-refractivity contribution is 6.53. The van der Waals surface area contributed by atoms with Gasteiger partial charge in [0.2, 0.25) is 5.91 Å². The van der Waals surface area contributed by atoms with E-state index in [1.165, 1.54) is 6.42 Å². The highest BCUT2D eigenvalue weighted by Crippen LogP contribution is 2.65. The molecule has 0 aromatic heterocycles. The number of hydrogen-bond donors (Lipinski definition) is 0. The number of alkyl halides is 2. The molecular formula is C15H17Cl2NO. The predicted molar refractivity (Wildman–Crippen MR) is 77.5 cm³/mol. The Balaban J connectivity index is 1.76. The van der Waals surface area contributed by atoms with Crippen molar-refractivity contribution in [2.24, 2.45) is 5.92 Å². The molecule has 19 heavy (non-hydrogen) atoms. The molecule has 2 atom stereocenters. The lowest BCUT2D eigenvalue weighted by atomic mass is 10.1. The van der Waals surface area contributed by atoms with Gasteiger partial charge in [0.1, 0.15) is 4.33 Å². The van der Waals surface area contributed by atoms with Gasteiger partial charge in [-0.2, -0.15) is 0 Å². The second kappa shape index (κ2) is 4.99. The third kappa shape index (κ3) is 2.36. The van der Waals surface area contributed by atoms with E-state index in [0.29, 0.717) is 0 Å². The first-order valence-corrected chi connectivity index (χ1v) is 7.59. The molecule has 102 valence electrons. The van der Waals surface area contributed by atoms with E-state index in [2.05, 4.69) is 0 Å². The van der Waals surface area contributed by atoms with Gasteiger partial charge in [-0.15, -0.1) is 23.2 Å². The van der Waals surface area contributed by atoms with Gasteiger partial charge in [-0.3, -0.25) is 4.79 Å². The average molecular weight is 298 g/mol. The number of amides is 1. The topological polar surface area (TPSA) is 20.3 Å². The number of carbonyl (C=O) groups is 1. The van der Waals surface area contributed by atoms with Crippen molar-refractivity contribution in [1.82, 2.24) is 4.90 Å². The van der Waals surface area contributed by atoms with Crippen molar-refractivity contribution in [3.63, 3.8) is 0 Å². The second-order valence-electron chi connectivity index (χ2n) is 5.43. The van der Waals surface area contributed by atoms with Crippen LogP contribution in [0.2, 0.25) is 0 Å². The summed E-state index contributed by atoms with van der Waals surface area (Å²) in [7, 11) is 0. The summed E-state index contributed by atoms with van der Waals surface area (Å²) in [4.78, 5) is 14.4. The van der Waals surface area contributed by atoms with E-state index in [0.717, 1.165) is 31.5 Å². The maximum absolute atomic E-state index is 12.5. The number of rotatable bonds is 2. The molecule has 0 bridgehead atoms. The molecule has 0 spiro atoms. The van der Waals surface area contributed by atoms with Crippen LogP contribution in [0.1, 0.15) is 30.7 Å². The van der Waals surface area contributed by atoms with Gasteiger partial charge in [-0.05, 0) is 24.8 Å². The van der Waals surface area contributed by atoms with Crippen LogP contribution in [0.5, 0.6) is 0 Å². The van der Waals surface area contributed by atoms with Gasteiger partial charge in [0.15, 0.2) is 0 Å². The molecule has 1 aliphatic carbocycles. The van der Waals surface area contributed by atoms with Crippen LogP contribution in [-0.4, -0.2) is 28.2 Å². The van der Waals surface area contributed by atoms with Crippen molar-refractivity contribution >= 4 is 29.1 Å². The molecular weight excluding hydrogens is 281 g/mol. The van der Waals surface area contributed by atoms with Gasteiger partial charge in [0.25, 0.3) is 0 Å². The number of nitrogens with zero attached hydrogens (tertiary/aromatic N) is 1. The summed E-state index contributed by atoms with van der Waals surface area (Å²) < 4.78 is -0.935. The summed E-state index contributed by atoms with van der Waals surface area (Å²) in [6, 6.07) is 9.86. The third-order valence-corrected chi connectivity index (χ3v) is 5.09. The smallest absolute Gasteiger partial charge is 0.229 e. The first kappa shape index (κ1) is 13.3. The fourth-order valence-corrected chi connectivity index (χ4v) is 3.84. The molecule has 1 aliphatic heterocycles. The van der Waals surface area contributed by atoms with Crippen molar-refractivity contribution in [2.45, 2.75) is 29.5 Å². The van der Waals surface area contributed by atoms with Crippen LogP contribution < -0.4 is 0 Å². The molecule has 1 saturated carbocycles. The van der Waals surface area contributed by atoms with Crippen molar-refractivity contribution in [2.75, 3.05) is 13.1 Å². The zero-order valence-electron chi connectivity index (χ0n) is 10.7. The Bertz CT molecular complexity index is 468. The minimum atomic E-state index is -0.935. The molecule has 1 heterocycles. The van der Waals surface area contributed by atoms with Gasteiger partial charge in [0, 0.05) is 19.0 Å². The van der Waals surface area contributed by atoms with Crippen molar-refractivity contribution in [3.05, 3.63) is 35.9 Å². The van der Waals surface area contributed by atoms with E-state index in [-0.39, 0.29) is 17.7 Å². The summed E-state index contributed by atoms with van der Waals surface area (Å²) in [5, 5.41) is 0. The molecule has 2 nitrogen and oxygen atoms in total. The molecule has 3 rings (SSSR count). The fraction of sp³-hybridized carbons (Fsp3) is 0.533. The van der Waals surface area contributed by atoms with Crippen LogP contribution in [-0.2, 0) is 4.79 Å². The summed E-state index contributed by atoms with van der Waals surface area (Å²) in [5.41, 5.74) is 1.06. The Morgan fingerprint density at radius 3 is 2.37 bits per heavy atom. The van der Waals surface area contributed by atoms with Gasteiger partial charge < -0.3 is 4.90 Å². The first-order valence-electron chi connectivity index (χ1n) is 6.84. The lowest BCUT2D eigenvalue weighted by molar-refractivity contribution is -0.133. The Labute approximate surface area is 123 Å². The summed E-state index contributed by atoms with van der Waals surface area (Å²) >= 11 is 12.7. The minimum Gasteiger partial charge on any atom is -0.342 e. The van der Waals surface area contributed by atoms with Crippen LogP contribution in [0.25, 0.3) is 0 Å². The number of piperidine rings is 1. The fourth-order valence-electron chi connectivity index (χ4n) is 3.02. The number of halogens is 2. The zero-order valence-corrected chi connectivity index (χ0v) is 12.2. The molecule has 2 fully saturated rings. The van der Waals surface area contributed by atoms with E-state index in [1.807, 2.05) is 35.2 Å². The highest BCUT2D eigenvalue weighted by atomic mass is 35.5. The minimum absolute atomic E-state index is 0.0635.